The van der Waals surface area contributed by atoms with Gasteiger partial charge in [-0.25, -0.2) is 9.18 Å². The molecule has 1 aliphatic heterocycles. The molecule has 0 fully saturated rings. The van der Waals surface area contributed by atoms with Gasteiger partial charge in [-0.15, -0.1) is 0 Å². The molecular formula is C26H22ClF4NO5. The van der Waals surface area contributed by atoms with E-state index in [2.05, 4.69) is 4.74 Å². The number of benzene rings is 3. The zero-order valence-electron chi connectivity index (χ0n) is 19.6. The summed E-state index contributed by atoms with van der Waals surface area (Å²) in [6, 6.07) is 11.5. The van der Waals surface area contributed by atoms with Gasteiger partial charge in [0.1, 0.15) is 12.4 Å². The van der Waals surface area contributed by atoms with Gasteiger partial charge in [-0.1, -0.05) is 42.8 Å². The number of anilines is 1. The molecule has 2 unspecified atom stereocenters. The Morgan fingerprint density at radius 1 is 1.11 bits per heavy atom. The van der Waals surface area contributed by atoms with Crippen LogP contribution >= 0.6 is 11.6 Å². The van der Waals surface area contributed by atoms with Crippen molar-refractivity contribution in [1.29, 1.82) is 0 Å². The molecule has 0 radical (unpaired) electrons. The molecule has 11 heteroatoms. The molecule has 0 saturated heterocycles. The Morgan fingerprint density at radius 3 is 2.41 bits per heavy atom. The first-order valence-electron chi connectivity index (χ1n) is 11.1. The van der Waals surface area contributed by atoms with Gasteiger partial charge in [0.05, 0.1) is 12.2 Å². The van der Waals surface area contributed by atoms with Crippen LogP contribution in [0.1, 0.15) is 24.0 Å². The number of halogens is 5. The van der Waals surface area contributed by atoms with E-state index in [9.17, 15) is 27.5 Å². The second kappa shape index (κ2) is 9.75. The summed E-state index contributed by atoms with van der Waals surface area (Å²) in [7, 11) is 1.72. The molecule has 3 aromatic rings. The molecule has 0 aromatic heterocycles. The zero-order chi connectivity index (χ0) is 27.1. The van der Waals surface area contributed by atoms with Crippen LogP contribution in [0.5, 0.6) is 11.5 Å². The van der Waals surface area contributed by atoms with E-state index in [4.69, 9.17) is 21.4 Å². The fourth-order valence-corrected chi connectivity index (χ4v) is 4.73. The van der Waals surface area contributed by atoms with Crippen molar-refractivity contribution in [3.05, 3.63) is 76.6 Å². The number of rotatable bonds is 5. The van der Waals surface area contributed by atoms with Gasteiger partial charge < -0.3 is 24.6 Å². The first-order chi connectivity index (χ1) is 17.3. The third kappa shape index (κ3) is 4.91. The highest BCUT2D eigenvalue weighted by Gasteiger charge is 2.59. The van der Waals surface area contributed by atoms with E-state index in [-0.39, 0.29) is 16.1 Å². The van der Waals surface area contributed by atoms with Gasteiger partial charge in [-0.2, -0.15) is 13.2 Å². The normalized spacial score (nSPS) is 15.8. The van der Waals surface area contributed by atoms with Gasteiger partial charge in [0.15, 0.2) is 17.2 Å². The molecule has 0 bridgehead atoms. The van der Waals surface area contributed by atoms with Gasteiger partial charge in [-0.05, 0) is 52.6 Å². The summed E-state index contributed by atoms with van der Waals surface area (Å²) in [5.74, 6) is -2.54. The SMILES string of the molecule is CC(c1ccc(-c2ccc(OC(=O)O)c(F)c2)cc1Cl)C(O)(c1ccc2c(c1)N(C)CCO2)C(F)(F)F. The summed E-state index contributed by atoms with van der Waals surface area (Å²) in [5.41, 5.74) is -2.53. The van der Waals surface area contributed by atoms with Crippen molar-refractivity contribution < 1.29 is 42.0 Å². The van der Waals surface area contributed by atoms with Crippen LogP contribution < -0.4 is 14.4 Å². The van der Waals surface area contributed by atoms with Gasteiger partial charge in [0.25, 0.3) is 0 Å². The molecule has 0 spiro atoms. The van der Waals surface area contributed by atoms with Crippen molar-refractivity contribution in [2.45, 2.75) is 24.6 Å². The molecule has 196 valence electrons. The molecule has 2 atom stereocenters. The fourth-order valence-electron chi connectivity index (χ4n) is 4.39. The lowest BCUT2D eigenvalue weighted by Gasteiger charge is -2.38. The van der Waals surface area contributed by atoms with E-state index in [0.29, 0.717) is 35.7 Å². The van der Waals surface area contributed by atoms with Crippen LogP contribution in [0.2, 0.25) is 5.02 Å². The Bertz CT molecular complexity index is 1350. The Hall–Kier alpha value is -3.50. The van der Waals surface area contributed by atoms with Crippen LogP contribution in [0.25, 0.3) is 11.1 Å². The lowest BCUT2D eigenvalue weighted by atomic mass is 9.77. The van der Waals surface area contributed by atoms with Crippen LogP contribution in [0, 0.1) is 5.82 Å². The average molecular weight is 540 g/mol. The van der Waals surface area contributed by atoms with Gasteiger partial charge in [0, 0.05) is 18.0 Å². The molecule has 3 aromatic carbocycles. The molecule has 1 aliphatic rings. The lowest BCUT2D eigenvalue weighted by Crippen LogP contribution is -2.46. The number of carboxylic acid groups (broad SMARTS) is 1. The van der Waals surface area contributed by atoms with E-state index < -0.39 is 35.4 Å². The molecule has 0 amide bonds. The van der Waals surface area contributed by atoms with Crippen molar-refractivity contribution in [2.75, 3.05) is 25.1 Å². The number of carbonyl (C=O) groups is 1. The second-order valence-electron chi connectivity index (χ2n) is 8.69. The fraction of sp³-hybridized carbons (Fsp3) is 0.269. The highest BCUT2D eigenvalue weighted by Crippen LogP contribution is 2.51. The van der Waals surface area contributed by atoms with E-state index in [0.717, 1.165) is 12.1 Å². The number of aliphatic hydroxyl groups is 1. The Balaban J connectivity index is 1.72. The minimum Gasteiger partial charge on any atom is -0.490 e. The van der Waals surface area contributed by atoms with E-state index in [1.54, 1.807) is 11.9 Å². The van der Waals surface area contributed by atoms with Gasteiger partial charge in [0.2, 0.25) is 0 Å². The summed E-state index contributed by atoms with van der Waals surface area (Å²) in [4.78, 5) is 12.4. The maximum atomic E-state index is 14.5. The summed E-state index contributed by atoms with van der Waals surface area (Å²) in [6.45, 7) is 2.10. The van der Waals surface area contributed by atoms with Crippen molar-refractivity contribution in [1.82, 2.24) is 0 Å². The van der Waals surface area contributed by atoms with Crippen molar-refractivity contribution >= 4 is 23.4 Å². The Kier molecular flexibility index (Phi) is 7.00. The second-order valence-corrected chi connectivity index (χ2v) is 9.10. The molecule has 2 N–H and O–H groups in total. The summed E-state index contributed by atoms with van der Waals surface area (Å²) < 4.78 is 67.5. The predicted octanol–water partition coefficient (Wildman–Crippen LogP) is 6.59. The van der Waals surface area contributed by atoms with E-state index in [1.165, 1.54) is 49.4 Å². The quantitative estimate of drug-likeness (QED) is 0.216. The summed E-state index contributed by atoms with van der Waals surface area (Å²) in [5, 5.41) is 19.8. The Labute approximate surface area is 214 Å². The third-order valence-corrected chi connectivity index (χ3v) is 6.81. The molecular weight excluding hydrogens is 518 g/mol. The summed E-state index contributed by atoms with van der Waals surface area (Å²) in [6.07, 6.45) is -6.73. The third-order valence-electron chi connectivity index (χ3n) is 6.48. The van der Waals surface area contributed by atoms with Gasteiger partial charge in [-0.3, -0.25) is 0 Å². The number of hydrogen-bond donors (Lipinski definition) is 2. The molecule has 1 heterocycles. The minimum absolute atomic E-state index is 0.0267. The largest absolute Gasteiger partial charge is 0.511 e. The van der Waals surface area contributed by atoms with Gasteiger partial charge >= 0.3 is 12.3 Å². The molecule has 6 nitrogen and oxygen atoms in total. The number of nitrogens with zero attached hydrogens (tertiary/aromatic N) is 1. The van der Waals surface area contributed by atoms with Crippen LogP contribution in [0.4, 0.5) is 28.0 Å². The zero-order valence-corrected chi connectivity index (χ0v) is 20.4. The summed E-state index contributed by atoms with van der Waals surface area (Å²) >= 11 is 6.39. The number of fused-ring (bicyclic) bond motifs is 1. The van der Waals surface area contributed by atoms with Crippen molar-refractivity contribution in [2.24, 2.45) is 0 Å². The number of hydrogen-bond acceptors (Lipinski definition) is 5. The number of ether oxygens (including phenoxy) is 2. The predicted molar refractivity (Wildman–Crippen MR) is 129 cm³/mol. The molecule has 37 heavy (non-hydrogen) atoms. The highest BCUT2D eigenvalue weighted by atomic mass is 35.5. The van der Waals surface area contributed by atoms with Crippen LogP contribution in [-0.2, 0) is 5.60 Å². The first-order valence-corrected chi connectivity index (χ1v) is 11.5. The Morgan fingerprint density at radius 2 is 1.78 bits per heavy atom. The molecule has 0 aliphatic carbocycles. The standard InChI is InChI=1S/C26H22ClF4NO5/c1-14(25(35,26(29,30)31)17-5-8-23-21(13-17)32(2)9-10-36-23)18-6-3-15(11-19(18)27)16-4-7-22(20(28)12-16)37-24(33)34/h3-8,11-14,35H,9-10H2,1-2H3,(H,33,34). The van der Waals surface area contributed by atoms with E-state index in [1.807, 2.05) is 0 Å². The number of alkyl halides is 3. The average Bonchev–Trinajstić information content (AvgIpc) is 2.83. The van der Waals surface area contributed by atoms with Crippen LogP contribution in [0.15, 0.2) is 54.6 Å². The topological polar surface area (TPSA) is 79.2 Å². The molecule has 4 rings (SSSR count). The molecule has 0 saturated carbocycles. The van der Waals surface area contributed by atoms with Crippen molar-refractivity contribution in [3.63, 3.8) is 0 Å². The lowest BCUT2D eigenvalue weighted by molar-refractivity contribution is -0.274. The smallest absolute Gasteiger partial charge is 0.490 e. The highest BCUT2D eigenvalue weighted by molar-refractivity contribution is 6.31. The maximum Gasteiger partial charge on any atom is 0.511 e. The first kappa shape index (κ1) is 26.6. The van der Waals surface area contributed by atoms with Crippen LogP contribution in [0.3, 0.4) is 0 Å². The van der Waals surface area contributed by atoms with Crippen LogP contribution in [-0.4, -0.2) is 42.7 Å². The monoisotopic (exact) mass is 539 g/mol. The minimum atomic E-state index is -5.06. The maximum absolute atomic E-state index is 14.5. The van der Waals surface area contributed by atoms with E-state index >= 15 is 0 Å². The van der Waals surface area contributed by atoms with Crippen molar-refractivity contribution in [3.8, 4) is 22.6 Å². The number of likely N-dealkylation sites (N-methyl/N-ethyl adjacent to an activating group) is 1.